The Kier molecular flexibility index (Phi) is 8.01. The summed E-state index contributed by atoms with van der Waals surface area (Å²) in [6.07, 6.45) is 0. The van der Waals surface area contributed by atoms with E-state index in [9.17, 15) is 16.8 Å². The third-order valence-electron chi connectivity index (χ3n) is 4.31. The van der Waals surface area contributed by atoms with Crippen LogP contribution in [0.2, 0.25) is 0 Å². The van der Waals surface area contributed by atoms with Crippen LogP contribution >= 0.6 is 0 Å². The minimum atomic E-state index is -3.85. The summed E-state index contributed by atoms with van der Waals surface area (Å²) < 4.78 is 63.6. The molecule has 1 aliphatic heterocycles. The fraction of sp³-hybridized carbons (Fsp3) is 0.625. The van der Waals surface area contributed by atoms with Gasteiger partial charge in [-0.25, -0.2) is 16.8 Å². The number of hydrogen-bond acceptors (Lipinski definition) is 7. The Hall–Kier alpha value is -1.24. The van der Waals surface area contributed by atoms with Gasteiger partial charge in [0.25, 0.3) is 0 Å². The van der Waals surface area contributed by atoms with Crippen molar-refractivity contribution >= 4 is 20.0 Å². The lowest BCUT2D eigenvalue weighted by Gasteiger charge is -2.28. The fourth-order valence-electron chi connectivity index (χ4n) is 2.71. The molecule has 1 aromatic carbocycles. The molecule has 1 saturated heterocycles. The standard InChI is InChI=1S/C16H27N3O6S2/c1-24-13-11-19(12-14-26(20,21)18-9-7-17-8-10-18)27(22,23)16-5-3-15(25-2)4-6-16/h3-6,17H,7-14H2,1-2H3. The van der Waals surface area contributed by atoms with Crippen LogP contribution in [0, 0.1) is 0 Å². The number of ether oxygens (including phenoxy) is 2. The molecule has 1 N–H and O–H groups in total. The van der Waals surface area contributed by atoms with E-state index < -0.39 is 20.0 Å². The van der Waals surface area contributed by atoms with Crippen LogP contribution in [0.4, 0.5) is 0 Å². The van der Waals surface area contributed by atoms with Crippen molar-refractivity contribution in [1.82, 2.24) is 13.9 Å². The van der Waals surface area contributed by atoms with Crippen molar-refractivity contribution in [2.75, 3.05) is 65.8 Å². The Balaban J connectivity index is 2.15. The van der Waals surface area contributed by atoms with Crippen molar-refractivity contribution in [3.63, 3.8) is 0 Å². The zero-order valence-electron chi connectivity index (χ0n) is 15.6. The largest absolute Gasteiger partial charge is 0.497 e. The first-order valence-electron chi connectivity index (χ1n) is 8.63. The van der Waals surface area contributed by atoms with Crippen LogP contribution < -0.4 is 10.1 Å². The monoisotopic (exact) mass is 421 g/mol. The lowest BCUT2D eigenvalue weighted by molar-refractivity contribution is 0.180. The van der Waals surface area contributed by atoms with Gasteiger partial charge >= 0.3 is 0 Å². The summed E-state index contributed by atoms with van der Waals surface area (Å²) >= 11 is 0. The van der Waals surface area contributed by atoms with E-state index >= 15 is 0 Å². The molecule has 27 heavy (non-hydrogen) atoms. The Bertz CT molecular complexity index is 790. The normalized spacial score (nSPS) is 16.6. The topological polar surface area (TPSA) is 105 Å². The van der Waals surface area contributed by atoms with Gasteiger partial charge in [-0.1, -0.05) is 0 Å². The van der Waals surface area contributed by atoms with Gasteiger partial charge in [0.1, 0.15) is 5.75 Å². The van der Waals surface area contributed by atoms with Crippen LogP contribution in [0.25, 0.3) is 0 Å². The third kappa shape index (κ3) is 5.87. The maximum absolute atomic E-state index is 12.9. The number of nitrogens with zero attached hydrogens (tertiary/aromatic N) is 2. The van der Waals surface area contributed by atoms with Crippen molar-refractivity contribution in [1.29, 1.82) is 0 Å². The molecule has 9 nitrogen and oxygen atoms in total. The second kappa shape index (κ2) is 9.80. The highest BCUT2D eigenvalue weighted by molar-refractivity contribution is 7.90. The van der Waals surface area contributed by atoms with Gasteiger partial charge in [0, 0.05) is 46.4 Å². The maximum atomic E-state index is 12.9. The first-order chi connectivity index (χ1) is 12.8. The van der Waals surface area contributed by atoms with Gasteiger partial charge in [-0.15, -0.1) is 0 Å². The van der Waals surface area contributed by atoms with Crippen LogP contribution in [0.5, 0.6) is 5.75 Å². The lowest BCUT2D eigenvalue weighted by Crippen LogP contribution is -2.48. The van der Waals surface area contributed by atoms with Crippen molar-refractivity contribution in [3.05, 3.63) is 24.3 Å². The molecular formula is C16H27N3O6S2. The number of hydrogen-bond donors (Lipinski definition) is 1. The quantitative estimate of drug-likeness (QED) is 0.546. The van der Waals surface area contributed by atoms with Crippen molar-refractivity contribution < 1.29 is 26.3 Å². The van der Waals surface area contributed by atoms with Crippen LogP contribution in [0.3, 0.4) is 0 Å². The number of rotatable bonds is 10. The molecule has 0 radical (unpaired) electrons. The molecule has 1 aliphatic rings. The van der Waals surface area contributed by atoms with E-state index in [1.54, 1.807) is 12.1 Å². The van der Waals surface area contributed by atoms with Gasteiger partial charge in [-0.2, -0.15) is 8.61 Å². The molecule has 0 unspecified atom stereocenters. The van der Waals surface area contributed by atoms with Gasteiger partial charge in [-0.05, 0) is 24.3 Å². The van der Waals surface area contributed by atoms with E-state index in [-0.39, 0.29) is 30.3 Å². The van der Waals surface area contributed by atoms with Crippen molar-refractivity contribution in [3.8, 4) is 5.75 Å². The summed E-state index contributed by atoms with van der Waals surface area (Å²) in [6.45, 7) is 2.08. The zero-order valence-corrected chi connectivity index (χ0v) is 17.3. The predicted octanol–water partition coefficient (Wildman–Crippen LogP) is -0.433. The first kappa shape index (κ1) is 22.1. The van der Waals surface area contributed by atoms with E-state index in [4.69, 9.17) is 9.47 Å². The molecule has 1 heterocycles. The molecule has 0 atom stereocenters. The number of piperazine rings is 1. The summed E-state index contributed by atoms with van der Waals surface area (Å²) in [5.41, 5.74) is 0. The molecule has 0 saturated carbocycles. The molecule has 0 bridgehead atoms. The van der Waals surface area contributed by atoms with Crippen molar-refractivity contribution in [2.24, 2.45) is 0 Å². The molecule has 1 fully saturated rings. The summed E-state index contributed by atoms with van der Waals surface area (Å²) in [5.74, 6) is 0.269. The van der Waals surface area contributed by atoms with E-state index in [0.29, 0.717) is 31.9 Å². The van der Waals surface area contributed by atoms with E-state index in [0.717, 1.165) is 4.31 Å². The minimum absolute atomic E-state index is 0.0714. The van der Waals surface area contributed by atoms with Gasteiger partial charge < -0.3 is 14.8 Å². The van der Waals surface area contributed by atoms with Crippen LogP contribution in [-0.4, -0.2) is 91.3 Å². The summed E-state index contributed by atoms with van der Waals surface area (Å²) in [6, 6.07) is 6.00. The zero-order chi connectivity index (χ0) is 19.9. The first-order valence-corrected chi connectivity index (χ1v) is 11.7. The van der Waals surface area contributed by atoms with Gasteiger partial charge in [0.15, 0.2) is 0 Å². The number of methoxy groups -OCH3 is 2. The average Bonchev–Trinajstić information content (AvgIpc) is 2.68. The summed E-state index contributed by atoms with van der Waals surface area (Å²) in [5, 5.41) is 3.10. The fourth-order valence-corrected chi connectivity index (χ4v) is 5.70. The highest BCUT2D eigenvalue weighted by Crippen LogP contribution is 2.19. The highest BCUT2D eigenvalue weighted by Gasteiger charge is 2.29. The van der Waals surface area contributed by atoms with Crippen LogP contribution in [-0.2, 0) is 24.8 Å². The second-order valence-electron chi connectivity index (χ2n) is 6.04. The van der Waals surface area contributed by atoms with Crippen molar-refractivity contribution in [2.45, 2.75) is 4.90 Å². The summed E-state index contributed by atoms with van der Waals surface area (Å²) in [7, 11) is -4.42. The Morgan fingerprint density at radius 2 is 1.67 bits per heavy atom. The highest BCUT2D eigenvalue weighted by atomic mass is 32.2. The van der Waals surface area contributed by atoms with Gasteiger partial charge in [0.05, 0.1) is 24.4 Å². The molecule has 2 rings (SSSR count). The second-order valence-corrected chi connectivity index (χ2v) is 10.1. The molecule has 1 aromatic rings. The van der Waals surface area contributed by atoms with Crippen LogP contribution in [0.15, 0.2) is 29.2 Å². The van der Waals surface area contributed by atoms with Crippen LogP contribution in [0.1, 0.15) is 0 Å². The molecule has 0 aliphatic carbocycles. The molecule has 154 valence electrons. The third-order valence-corrected chi connectivity index (χ3v) is 8.07. The van der Waals surface area contributed by atoms with Gasteiger partial charge in [0.2, 0.25) is 20.0 Å². The number of sulfonamides is 2. The lowest BCUT2D eigenvalue weighted by atomic mass is 10.3. The Morgan fingerprint density at radius 3 is 2.22 bits per heavy atom. The Morgan fingerprint density at radius 1 is 1.04 bits per heavy atom. The molecule has 0 aromatic heterocycles. The van der Waals surface area contributed by atoms with E-state index in [2.05, 4.69) is 5.32 Å². The minimum Gasteiger partial charge on any atom is -0.497 e. The Labute approximate surface area is 161 Å². The molecule has 0 spiro atoms. The summed E-state index contributed by atoms with van der Waals surface area (Å²) in [4.78, 5) is 0.0824. The van der Waals surface area contributed by atoms with Gasteiger partial charge in [-0.3, -0.25) is 0 Å². The molecular weight excluding hydrogens is 394 g/mol. The molecule has 11 heteroatoms. The smallest absolute Gasteiger partial charge is 0.243 e. The number of nitrogens with one attached hydrogen (secondary N) is 1. The molecule has 0 amide bonds. The number of benzene rings is 1. The average molecular weight is 422 g/mol. The maximum Gasteiger partial charge on any atom is 0.243 e. The van der Waals surface area contributed by atoms with E-state index in [1.807, 2.05) is 0 Å². The predicted molar refractivity (Wildman–Crippen MR) is 102 cm³/mol. The van der Waals surface area contributed by atoms with E-state index in [1.165, 1.54) is 30.7 Å². The SMILES string of the molecule is COCCN(CCS(=O)(=O)N1CCNCC1)S(=O)(=O)c1ccc(OC)cc1.